The first kappa shape index (κ1) is 20.7. The predicted molar refractivity (Wildman–Crippen MR) is 123 cm³/mol. The van der Waals surface area contributed by atoms with Crippen LogP contribution in [0.4, 0.5) is 0 Å². The summed E-state index contributed by atoms with van der Waals surface area (Å²) in [6.45, 7) is 0. The van der Waals surface area contributed by atoms with Crippen LogP contribution in [0, 0.1) is 0 Å². The molecule has 0 amide bonds. The molecule has 3 rings (SSSR count). The van der Waals surface area contributed by atoms with E-state index >= 15 is 0 Å². The van der Waals surface area contributed by atoms with Gasteiger partial charge in [0, 0.05) is 0 Å². The van der Waals surface area contributed by atoms with Gasteiger partial charge in [-0.15, -0.1) is 0 Å². The summed E-state index contributed by atoms with van der Waals surface area (Å²) in [5, 5.41) is 9.27. The Hall–Kier alpha value is -3.98. The average Bonchev–Trinajstić information content (AvgIpc) is 2.77. The van der Waals surface area contributed by atoms with Crippen LogP contribution >= 0.6 is 0 Å². The summed E-state index contributed by atoms with van der Waals surface area (Å²) in [7, 11) is 0. The van der Waals surface area contributed by atoms with Gasteiger partial charge < -0.3 is 5.11 Å². The van der Waals surface area contributed by atoms with E-state index in [9.17, 15) is 14.7 Å². The zero-order chi connectivity index (χ0) is 21.2. The number of phenols is 1. The topological polar surface area (TPSA) is 54.4 Å². The molecule has 0 saturated heterocycles. The van der Waals surface area contributed by atoms with Crippen molar-refractivity contribution in [1.29, 1.82) is 0 Å². The normalized spacial score (nSPS) is 11.5. The van der Waals surface area contributed by atoms with Crippen molar-refractivity contribution in [2.75, 3.05) is 0 Å². The molecule has 0 aliphatic carbocycles. The summed E-state index contributed by atoms with van der Waals surface area (Å²) in [6, 6.07) is 24.2. The second kappa shape index (κ2) is 10.5. The SMILES string of the molecule is O=C(C=Cc1ccc(O)cc1)CC(=O)C=Cc1ccccc1C=Cc1ccccc1. The molecule has 0 unspecified atom stereocenters. The molecule has 0 heterocycles. The number of aromatic hydroxyl groups is 1. The molecule has 3 heteroatoms. The van der Waals surface area contributed by atoms with Crippen molar-refractivity contribution in [2.24, 2.45) is 0 Å². The Bertz CT molecular complexity index is 1090. The molecular formula is C27H22O3. The van der Waals surface area contributed by atoms with Crippen molar-refractivity contribution in [3.8, 4) is 5.75 Å². The van der Waals surface area contributed by atoms with Crippen molar-refractivity contribution in [2.45, 2.75) is 6.42 Å². The highest BCUT2D eigenvalue weighted by atomic mass is 16.3. The Balaban J connectivity index is 1.61. The summed E-state index contributed by atoms with van der Waals surface area (Å²) in [5.74, 6) is -0.357. The summed E-state index contributed by atoms with van der Waals surface area (Å²) in [4.78, 5) is 24.2. The Kier molecular flexibility index (Phi) is 7.28. The third-order valence-corrected chi connectivity index (χ3v) is 4.40. The number of hydrogen-bond donors (Lipinski definition) is 1. The smallest absolute Gasteiger partial charge is 0.163 e. The second-order valence-corrected chi connectivity index (χ2v) is 6.74. The Labute approximate surface area is 176 Å². The van der Waals surface area contributed by atoms with Gasteiger partial charge in [-0.2, -0.15) is 0 Å². The molecule has 30 heavy (non-hydrogen) atoms. The first-order chi connectivity index (χ1) is 14.6. The average molecular weight is 394 g/mol. The van der Waals surface area contributed by atoms with Crippen LogP contribution in [0.25, 0.3) is 24.3 Å². The van der Waals surface area contributed by atoms with E-state index in [-0.39, 0.29) is 23.7 Å². The minimum atomic E-state index is -0.269. The quantitative estimate of drug-likeness (QED) is 0.298. The highest BCUT2D eigenvalue weighted by Crippen LogP contribution is 2.15. The Morgan fingerprint density at radius 3 is 1.80 bits per heavy atom. The summed E-state index contributed by atoms with van der Waals surface area (Å²) < 4.78 is 0. The molecule has 3 aromatic rings. The minimum Gasteiger partial charge on any atom is -0.508 e. The fourth-order valence-electron chi connectivity index (χ4n) is 2.81. The number of benzene rings is 3. The number of carbonyl (C=O) groups is 2. The molecule has 3 aromatic carbocycles. The summed E-state index contributed by atoms with van der Waals surface area (Å²) in [6.07, 6.45) is 10.0. The van der Waals surface area contributed by atoms with E-state index in [1.165, 1.54) is 12.2 Å². The zero-order valence-corrected chi connectivity index (χ0v) is 16.4. The highest BCUT2D eigenvalue weighted by Gasteiger charge is 2.04. The molecule has 0 aliphatic rings. The van der Waals surface area contributed by atoms with Gasteiger partial charge in [-0.05, 0) is 46.5 Å². The summed E-state index contributed by atoms with van der Waals surface area (Å²) in [5.41, 5.74) is 3.77. The van der Waals surface area contributed by atoms with E-state index in [1.807, 2.05) is 66.7 Å². The third-order valence-electron chi connectivity index (χ3n) is 4.40. The first-order valence-electron chi connectivity index (χ1n) is 9.63. The van der Waals surface area contributed by atoms with Gasteiger partial charge in [0.25, 0.3) is 0 Å². The molecule has 0 aromatic heterocycles. The highest BCUT2D eigenvalue weighted by molar-refractivity contribution is 6.11. The van der Waals surface area contributed by atoms with Gasteiger partial charge in [-0.1, -0.05) is 91.0 Å². The van der Waals surface area contributed by atoms with Gasteiger partial charge in [0.05, 0.1) is 6.42 Å². The maximum absolute atomic E-state index is 12.2. The lowest BCUT2D eigenvalue weighted by Crippen LogP contribution is -2.01. The van der Waals surface area contributed by atoms with Crippen molar-refractivity contribution in [1.82, 2.24) is 0 Å². The van der Waals surface area contributed by atoms with Crippen LogP contribution in [0.2, 0.25) is 0 Å². The van der Waals surface area contributed by atoms with Crippen molar-refractivity contribution < 1.29 is 14.7 Å². The summed E-state index contributed by atoms with van der Waals surface area (Å²) >= 11 is 0. The number of carbonyl (C=O) groups excluding carboxylic acids is 2. The monoisotopic (exact) mass is 394 g/mol. The van der Waals surface area contributed by atoms with Crippen LogP contribution < -0.4 is 0 Å². The standard InChI is InChI=1S/C27H22O3/c28-25-16-11-22(12-17-25)13-18-26(29)20-27(30)19-15-24-9-5-4-8-23(24)14-10-21-6-2-1-3-7-21/h1-19,28H,20H2. The molecular weight excluding hydrogens is 372 g/mol. The fraction of sp³-hybridized carbons (Fsp3) is 0.0370. The lowest BCUT2D eigenvalue weighted by molar-refractivity contribution is -0.121. The van der Waals surface area contributed by atoms with Gasteiger partial charge in [0.1, 0.15) is 5.75 Å². The van der Waals surface area contributed by atoms with Gasteiger partial charge in [-0.25, -0.2) is 0 Å². The van der Waals surface area contributed by atoms with E-state index in [0.29, 0.717) is 0 Å². The van der Waals surface area contributed by atoms with E-state index in [0.717, 1.165) is 22.3 Å². The number of rotatable bonds is 8. The van der Waals surface area contributed by atoms with Crippen LogP contribution in [0.15, 0.2) is 91.0 Å². The maximum Gasteiger partial charge on any atom is 0.163 e. The number of ketones is 2. The molecule has 1 N–H and O–H groups in total. The van der Waals surface area contributed by atoms with E-state index in [2.05, 4.69) is 0 Å². The molecule has 0 radical (unpaired) electrons. The first-order valence-corrected chi connectivity index (χ1v) is 9.63. The molecule has 148 valence electrons. The fourth-order valence-corrected chi connectivity index (χ4v) is 2.81. The number of hydrogen-bond acceptors (Lipinski definition) is 3. The molecule has 0 bridgehead atoms. The van der Waals surface area contributed by atoms with E-state index in [1.54, 1.807) is 36.4 Å². The Morgan fingerprint density at radius 1 is 0.600 bits per heavy atom. The van der Waals surface area contributed by atoms with E-state index < -0.39 is 0 Å². The molecule has 0 aliphatic heterocycles. The number of allylic oxidation sites excluding steroid dienone is 2. The van der Waals surface area contributed by atoms with Gasteiger partial charge in [-0.3, -0.25) is 9.59 Å². The lowest BCUT2D eigenvalue weighted by Gasteiger charge is -2.01. The van der Waals surface area contributed by atoms with Crippen LogP contribution in [0.3, 0.4) is 0 Å². The van der Waals surface area contributed by atoms with Crippen LogP contribution in [0.5, 0.6) is 5.75 Å². The Morgan fingerprint density at radius 2 is 1.13 bits per heavy atom. The lowest BCUT2D eigenvalue weighted by atomic mass is 10.0. The van der Waals surface area contributed by atoms with Crippen LogP contribution in [0.1, 0.15) is 28.7 Å². The molecule has 0 spiro atoms. The molecule has 0 fully saturated rings. The largest absolute Gasteiger partial charge is 0.508 e. The van der Waals surface area contributed by atoms with Crippen LogP contribution in [-0.2, 0) is 9.59 Å². The predicted octanol–water partition coefficient (Wildman–Crippen LogP) is 5.82. The van der Waals surface area contributed by atoms with Crippen LogP contribution in [-0.4, -0.2) is 16.7 Å². The molecule has 0 saturated carbocycles. The molecule has 0 atom stereocenters. The number of phenolic OH excluding ortho intramolecular Hbond substituents is 1. The van der Waals surface area contributed by atoms with Gasteiger partial charge in [0.15, 0.2) is 11.6 Å². The third kappa shape index (κ3) is 6.57. The van der Waals surface area contributed by atoms with Crippen molar-refractivity contribution in [3.05, 3.63) is 113 Å². The second-order valence-electron chi connectivity index (χ2n) is 6.74. The van der Waals surface area contributed by atoms with Gasteiger partial charge >= 0.3 is 0 Å². The van der Waals surface area contributed by atoms with E-state index in [4.69, 9.17) is 0 Å². The van der Waals surface area contributed by atoms with Gasteiger partial charge in [0.2, 0.25) is 0 Å². The maximum atomic E-state index is 12.2. The van der Waals surface area contributed by atoms with Crippen molar-refractivity contribution >= 4 is 35.9 Å². The van der Waals surface area contributed by atoms with Crippen molar-refractivity contribution in [3.63, 3.8) is 0 Å². The molecule has 3 nitrogen and oxygen atoms in total. The zero-order valence-electron chi connectivity index (χ0n) is 16.4. The minimum absolute atomic E-state index is 0.165.